The van der Waals surface area contributed by atoms with Crippen molar-refractivity contribution < 1.29 is 19.1 Å². The van der Waals surface area contributed by atoms with Crippen molar-refractivity contribution in [3.63, 3.8) is 0 Å². The number of nitrogens with two attached hydrogens (primary N) is 1. The fourth-order valence-electron chi connectivity index (χ4n) is 3.06. The quantitative estimate of drug-likeness (QED) is 0.476. The highest BCUT2D eigenvalue weighted by Gasteiger charge is 2.30. The number of aromatic nitrogens is 2. The van der Waals surface area contributed by atoms with E-state index in [2.05, 4.69) is 4.98 Å². The molecule has 0 saturated heterocycles. The van der Waals surface area contributed by atoms with E-state index in [0.29, 0.717) is 18.8 Å². The van der Waals surface area contributed by atoms with Crippen LogP contribution in [0.5, 0.6) is 5.75 Å². The molecule has 0 amide bonds. The van der Waals surface area contributed by atoms with E-state index < -0.39 is 29.6 Å². The molecule has 0 aliphatic heterocycles. The number of ketones is 1. The van der Waals surface area contributed by atoms with Crippen LogP contribution in [0.4, 0.5) is 5.82 Å². The van der Waals surface area contributed by atoms with Gasteiger partial charge in [-0.25, -0.2) is 4.79 Å². The van der Waals surface area contributed by atoms with E-state index in [1.165, 1.54) is 4.57 Å². The van der Waals surface area contributed by atoms with Gasteiger partial charge in [0, 0.05) is 12.5 Å². The highest BCUT2D eigenvalue weighted by molar-refractivity contribution is 6.01. The number of esters is 1. The molecule has 0 bridgehead atoms. The lowest BCUT2D eigenvalue weighted by atomic mass is 10.1. The van der Waals surface area contributed by atoms with Crippen LogP contribution in [-0.2, 0) is 16.0 Å². The summed E-state index contributed by atoms with van der Waals surface area (Å²) >= 11 is 0. The number of para-hydroxylation sites is 1. The van der Waals surface area contributed by atoms with Crippen LogP contribution in [0.2, 0.25) is 0 Å². The van der Waals surface area contributed by atoms with Gasteiger partial charge < -0.3 is 15.2 Å². The number of nitrogen functional groups attached to an aromatic ring is 1. The van der Waals surface area contributed by atoms with Crippen LogP contribution in [0.15, 0.2) is 33.9 Å². The lowest BCUT2D eigenvalue weighted by Crippen LogP contribution is -2.36. The number of benzene rings is 1. The van der Waals surface area contributed by atoms with Gasteiger partial charge in [-0.2, -0.15) is 0 Å². The predicted molar refractivity (Wildman–Crippen MR) is 105 cm³/mol. The van der Waals surface area contributed by atoms with Gasteiger partial charge in [0.15, 0.2) is 6.61 Å². The summed E-state index contributed by atoms with van der Waals surface area (Å²) in [5, 5.41) is 0. The predicted octanol–water partition coefficient (Wildman–Crippen LogP) is 1.21. The first-order valence-electron chi connectivity index (χ1n) is 9.46. The number of hydrogen-bond donors (Lipinski definition) is 2. The van der Waals surface area contributed by atoms with Crippen molar-refractivity contribution in [1.29, 1.82) is 0 Å². The Morgan fingerprint density at radius 3 is 2.66 bits per heavy atom. The molecule has 3 N–H and O–H groups in total. The third-order valence-corrected chi connectivity index (χ3v) is 4.61. The van der Waals surface area contributed by atoms with E-state index in [1.54, 1.807) is 0 Å². The summed E-state index contributed by atoms with van der Waals surface area (Å²) in [5.74, 6) is -0.829. The summed E-state index contributed by atoms with van der Waals surface area (Å²) in [6, 6.07) is 7.24. The normalized spacial score (nSPS) is 13.1. The molecule has 9 nitrogen and oxygen atoms in total. The van der Waals surface area contributed by atoms with E-state index >= 15 is 0 Å². The lowest BCUT2D eigenvalue weighted by molar-refractivity contribution is -0.142. The minimum absolute atomic E-state index is 0.0464. The number of ether oxygens (including phenoxy) is 2. The second kappa shape index (κ2) is 8.76. The molecule has 2 aromatic rings. The van der Waals surface area contributed by atoms with Gasteiger partial charge in [0.1, 0.15) is 17.1 Å². The fraction of sp³-hybridized carbons (Fsp3) is 0.400. The topological polar surface area (TPSA) is 133 Å². The minimum Gasteiger partial charge on any atom is -0.494 e. The number of carbonyl (C=O) groups excluding carboxylic acids is 2. The van der Waals surface area contributed by atoms with Crippen molar-refractivity contribution in [2.24, 2.45) is 0 Å². The molecule has 1 saturated carbocycles. The maximum atomic E-state index is 12.4. The molecule has 9 heteroatoms. The van der Waals surface area contributed by atoms with Crippen molar-refractivity contribution >= 4 is 17.6 Å². The summed E-state index contributed by atoms with van der Waals surface area (Å²) in [4.78, 5) is 50.5. The summed E-state index contributed by atoms with van der Waals surface area (Å²) in [7, 11) is 0. The summed E-state index contributed by atoms with van der Waals surface area (Å²) in [6.07, 6.45) is 1.94. The number of Topliss-reactive ketones (excluding diaryl/α,β-unsaturated/α-hetero) is 1. The molecule has 154 valence electrons. The van der Waals surface area contributed by atoms with Gasteiger partial charge >= 0.3 is 11.7 Å². The second-order valence-electron chi connectivity index (χ2n) is 6.75. The van der Waals surface area contributed by atoms with Crippen LogP contribution in [0.25, 0.3) is 0 Å². The number of H-pyrrole nitrogens is 1. The van der Waals surface area contributed by atoms with E-state index in [9.17, 15) is 19.2 Å². The first-order valence-corrected chi connectivity index (χ1v) is 9.46. The highest BCUT2D eigenvalue weighted by Crippen LogP contribution is 2.35. The van der Waals surface area contributed by atoms with Gasteiger partial charge in [0.2, 0.25) is 5.78 Å². The summed E-state index contributed by atoms with van der Waals surface area (Å²) in [5.41, 5.74) is 4.86. The molecule has 1 aliphatic rings. The van der Waals surface area contributed by atoms with Crippen LogP contribution in [0, 0.1) is 0 Å². The number of anilines is 1. The van der Waals surface area contributed by atoms with Crippen LogP contribution in [0.1, 0.15) is 48.1 Å². The molecule has 1 aromatic heterocycles. The van der Waals surface area contributed by atoms with E-state index in [1.807, 2.05) is 31.2 Å². The molecule has 3 rings (SSSR count). The molecule has 29 heavy (non-hydrogen) atoms. The van der Waals surface area contributed by atoms with Crippen molar-refractivity contribution in [1.82, 2.24) is 9.55 Å². The Kier molecular flexibility index (Phi) is 6.16. The summed E-state index contributed by atoms with van der Waals surface area (Å²) < 4.78 is 11.7. The maximum Gasteiger partial charge on any atom is 0.330 e. The smallest absolute Gasteiger partial charge is 0.330 e. The zero-order valence-electron chi connectivity index (χ0n) is 16.1. The molecule has 1 heterocycles. The highest BCUT2D eigenvalue weighted by atomic mass is 16.5. The molecule has 1 aromatic carbocycles. The zero-order chi connectivity index (χ0) is 21.0. The Balaban J connectivity index is 1.61. The number of nitrogens with zero attached hydrogens (tertiary/aromatic N) is 1. The molecule has 0 atom stereocenters. The molecule has 0 spiro atoms. The van der Waals surface area contributed by atoms with Crippen LogP contribution in [-0.4, -0.2) is 34.5 Å². The lowest BCUT2D eigenvalue weighted by Gasteiger charge is -2.11. The standard InChI is InChI=1S/C20H23N3O6/c1-2-28-15-6-4-3-5-12(15)7-10-16(25)29-11-14(24)17-18(21)23(13-8-9-13)20(27)22-19(17)26/h3-6,13H,2,7-11,21H2,1H3,(H,22,26,27). The van der Waals surface area contributed by atoms with Crippen molar-refractivity contribution in [3.05, 3.63) is 56.2 Å². The van der Waals surface area contributed by atoms with Gasteiger partial charge in [-0.3, -0.25) is 23.9 Å². The Morgan fingerprint density at radius 2 is 1.97 bits per heavy atom. The van der Waals surface area contributed by atoms with Crippen LogP contribution < -0.4 is 21.7 Å². The van der Waals surface area contributed by atoms with Crippen LogP contribution in [0.3, 0.4) is 0 Å². The van der Waals surface area contributed by atoms with Crippen LogP contribution >= 0.6 is 0 Å². The first kappa shape index (κ1) is 20.4. The first-order chi connectivity index (χ1) is 13.9. The fourth-order valence-corrected chi connectivity index (χ4v) is 3.06. The third-order valence-electron chi connectivity index (χ3n) is 4.61. The Morgan fingerprint density at radius 1 is 1.24 bits per heavy atom. The number of nitrogens with one attached hydrogen (secondary N) is 1. The SMILES string of the molecule is CCOc1ccccc1CCC(=O)OCC(=O)c1c(N)n(C2CC2)c(=O)[nH]c1=O. The number of hydrogen-bond acceptors (Lipinski definition) is 7. The zero-order valence-corrected chi connectivity index (χ0v) is 16.1. The molecular weight excluding hydrogens is 378 g/mol. The van der Waals surface area contributed by atoms with Gasteiger partial charge in [-0.15, -0.1) is 0 Å². The Hall–Kier alpha value is -3.36. The third kappa shape index (κ3) is 4.74. The number of rotatable bonds is 9. The molecular formula is C20H23N3O6. The molecule has 0 unspecified atom stereocenters. The van der Waals surface area contributed by atoms with Gasteiger partial charge in [0.25, 0.3) is 5.56 Å². The number of aryl methyl sites for hydroxylation is 1. The largest absolute Gasteiger partial charge is 0.494 e. The average Bonchev–Trinajstić information content (AvgIpc) is 3.50. The monoisotopic (exact) mass is 401 g/mol. The Labute approximate surface area is 166 Å². The number of aromatic amines is 1. The number of carbonyl (C=O) groups is 2. The van der Waals surface area contributed by atoms with Crippen molar-refractivity contribution in [2.45, 2.75) is 38.6 Å². The van der Waals surface area contributed by atoms with E-state index in [-0.39, 0.29) is 23.8 Å². The van der Waals surface area contributed by atoms with Crippen molar-refractivity contribution in [2.75, 3.05) is 18.9 Å². The van der Waals surface area contributed by atoms with E-state index in [0.717, 1.165) is 18.4 Å². The molecule has 0 radical (unpaired) electrons. The molecule has 1 aliphatic carbocycles. The Bertz CT molecular complexity index is 1040. The van der Waals surface area contributed by atoms with Crippen molar-refractivity contribution in [3.8, 4) is 5.75 Å². The van der Waals surface area contributed by atoms with Gasteiger partial charge in [-0.05, 0) is 37.8 Å². The second-order valence-corrected chi connectivity index (χ2v) is 6.75. The van der Waals surface area contributed by atoms with Gasteiger partial charge in [-0.1, -0.05) is 18.2 Å². The van der Waals surface area contributed by atoms with E-state index in [4.69, 9.17) is 15.2 Å². The minimum atomic E-state index is -0.879. The van der Waals surface area contributed by atoms with Gasteiger partial charge in [0.05, 0.1) is 6.61 Å². The summed E-state index contributed by atoms with van der Waals surface area (Å²) in [6.45, 7) is 1.76. The maximum absolute atomic E-state index is 12.4. The average molecular weight is 401 g/mol. The molecule has 1 fully saturated rings.